The van der Waals surface area contributed by atoms with Crippen LogP contribution in [0.1, 0.15) is 22.3 Å². The molecule has 0 fully saturated rings. The molecule has 0 saturated heterocycles. The standard InChI is InChI=1S/C32H36OP2/c1-5-13-29(14-6-1)25-34(26-30-15-7-2-8-16-30)23-21-33-22-24-35(27-31-17-9-3-10-18-31)28-32-19-11-4-12-20-32/h1-20H,21-28H2. The number of rotatable bonds is 14. The molecule has 180 valence electrons. The van der Waals surface area contributed by atoms with Gasteiger partial charge in [0.1, 0.15) is 0 Å². The van der Waals surface area contributed by atoms with Crippen molar-refractivity contribution in [2.24, 2.45) is 0 Å². The van der Waals surface area contributed by atoms with Gasteiger partial charge in [-0.05, 0) is 59.2 Å². The second-order valence-electron chi connectivity index (χ2n) is 8.98. The molecule has 4 aromatic carbocycles. The number of hydrogen-bond donors (Lipinski definition) is 0. The summed E-state index contributed by atoms with van der Waals surface area (Å²) >= 11 is 0. The molecule has 0 aliphatic heterocycles. The Morgan fingerprint density at radius 1 is 0.371 bits per heavy atom. The maximum Gasteiger partial charge on any atom is 0.0505 e. The van der Waals surface area contributed by atoms with Crippen LogP contribution in [0.2, 0.25) is 0 Å². The molecule has 0 aliphatic rings. The Morgan fingerprint density at radius 3 is 0.886 bits per heavy atom. The van der Waals surface area contributed by atoms with Crippen molar-refractivity contribution in [1.82, 2.24) is 0 Å². The second-order valence-corrected chi connectivity index (χ2v) is 13.8. The Bertz CT molecular complexity index is 900. The van der Waals surface area contributed by atoms with Gasteiger partial charge in [-0.1, -0.05) is 137 Å². The summed E-state index contributed by atoms with van der Waals surface area (Å²) < 4.78 is 6.28. The Balaban J connectivity index is 1.28. The third-order valence-corrected chi connectivity index (χ3v) is 11.0. The minimum absolute atomic E-state index is 0.144. The highest BCUT2D eigenvalue weighted by atomic mass is 31.1. The summed E-state index contributed by atoms with van der Waals surface area (Å²) in [6.07, 6.45) is 7.00. The summed E-state index contributed by atoms with van der Waals surface area (Å²) in [4.78, 5) is 0. The normalized spacial score (nSPS) is 11.3. The van der Waals surface area contributed by atoms with Gasteiger partial charge in [0.05, 0.1) is 13.2 Å². The average Bonchev–Trinajstić information content (AvgIpc) is 2.91. The summed E-state index contributed by atoms with van der Waals surface area (Å²) in [5, 5.41) is 0. The van der Waals surface area contributed by atoms with E-state index in [-0.39, 0.29) is 15.8 Å². The van der Waals surface area contributed by atoms with Crippen molar-refractivity contribution in [2.75, 3.05) is 25.5 Å². The zero-order valence-electron chi connectivity index (χ0n) is 20.5. The predicted octanol–water partition coefficient (Wildman–Crippen LogP) is 8.77. The topological polar surface area (TPSA) is 9.23 Å². The van der Waals surface area contributed by atoms with E-state index in [1.54, 1.807) is 0 Å². The summed E-state index contributed by atoms with van der Waals surface area (Å²) in [6, 6.07) is 43.8. The molecule has 3 heteroatoms. The van der Waals surface area contributed by atoms with E-state index < -0.39 is 0 Å². The molecule has 0 aromatic heterocycles. The summed E-state index contributed by atoms with van der Waals surface area (Å²) in [5.41, 5.74) is 5.79. The molecule has 4 rings (SSSR count). The van der Waals surface area contributed by atoms with Gasteiger partial charge in [-0.2, -0.15) is 0 Å². The Hall–Kier alpha value is -2.30. The highest BCUT2D eigenvalue weighted by Gasteiger charge is 2.13. The van der Waals surface area contributed by atoms with Crippen molar-refractivity contribution in [3.63, 3.8) is 0 Å². The van der Waals surface area contributed by atoms with Crippen LogP contribution >= 0.6 is 15.8 Å². The van der Waals surface area contributed by atoms with Gasteiger partial charge in [-0.25, -0.2) is 0 Å². The lowest BCUT2D eigenvalue weighted by Crippen LogP contribution is -2.06. The lowest BCUT2D eigenvalue weighted by Gasteiger charge is -2.20. The van der Waals surface area contributed by atoms with Crippen LogP contribution in [-0.2, 0) is 29.4 Å². The van der Waals surface area contributed by atoms with E-state index in [0.717, 1.165) is 25.5 Å². The van der Waals surface area contributed by atoms with Gasteiger partial charge in [0.2, 0.25) is 0 Å². The van der Waals surface area contributed by atoms with Crippen molar-refractivity contribution in [2.45, 2.75) is 24.6 Å². The fourth-order valence-electron chi connectivity index (χ4n) is 4.28. The van der Waals surface area contributed by atoms with E-state index in [9.17, 15) is 0 Å². The third kappa shape index (κ3) is 9.70. The molecular formula is C32H36OP2. The van der Waals surface area contributed by atoms with Crippen molar-refractivity contribution in [3.05, 3.63) is 144 Å². The first-order valence-corrected chi connectivity index (χ1v) is 16.3. The van der Waals surface area contributed by atoms with E-state index in [4.69, 9.17) is 4.74 Å². The molecule has 35 heavy (non-hydrogen) atoms. The molecule has 0 saturated carbocycles. The minimum atomic E-state index is -0.144. The minimum Gasteiger partial charge on any atom is -0.381 e. The summed E-state index contributed by atoms with van der Waals surface area (Å²) in [5.74, 6) is 0. The molecule has 0 bridgehead atoms. The fraction of sp³-hybridized carbons (Fsp3) is 0.250. The smallest absolute Gasteiger partial charge is 0.0505 e. The highest BCUT2D eigenvalue weighted by molar-refractivity contribution is 7.56. The molecule has 0 heterocycles. The van der Waals surface area contributed by atoms with Gasteiger partial charge in [0.15, 0.2) is 0 Å². The van der Waals surface area contributed by atoms with Crippen molar-refractivity contribution >= 4 is 15.8 Å². The molecule has 0 N–H and O–H groups in total. The van der Waals surface area contributed by atoms with E-state index in [2.05, 4.69) is 121 Å². The monoisotopic (exact) mass is 498 g/mol. The van der Waals surface area contributed by atoms with Gasteiger partial charge in [-0.15, -0.1) is 0 Å². The van der Waals surface area contributed by atoms with E-state index >= 15 is 0 Å². The van der Waals surface area contributed by atoms with Crippen LogP contribution in [-0.4, -0.2) is 25.5 Å². The molecule has 0 spiro atoms. The molecule has 1 nitrogen and oxygen atoms in total. The van der Waals surface area contributed by atoms with Crippen molar-refractivity contribution in [3.8, 4) is 0 Å². The lowest BCUT2D eigenvalue weighted by molar-refractivity contribution is 0.166. The number of ether oxygens (including phenoxy) is 1. The number of benzene rings is 4. The molecule has 0 radical (unpaired) electrons. The molecule has 4 aromatic rings. The maximum atomic E-state index is 6.28. The molecule has 0 atom stereocenters. The molecule has 0 aliphatic carbocycles. The SMILES string of the molecule is c1ccc(CP(CCOCCP(Cc2ccccc2)Cc2ccccc2)Cc2ccccc2)cc1. The van der Waals surface area contributed by atoms with Crippen LogP contribution in [0.3, 0.4) is 0 Å². The summed E-state index contributed by atoms with van der Waals surface area (Å²) in [7, 11) is -0.289. The van der Waals surface area contributed by atoms with Crippen molar-refractivity contribution < 1.29 is 4.74 Å². The second kappa shape index (κ2) is 15.0. The first kappa shape index (κ1) is 25.8. The fourth-order valence-corrected chi connectivity index (χ4v) is 8.82. The van der Waals surface area contributed by atoms with Crippen LogP contribution in [0.4, 0.5) is 0 Å². The van der Waals surface area contributed by atoms with Gasteiger partial charge in [0, 0.05) is 0 Å². The van der Waals surface area contributed by atoms with Crippen LogP contribution in [0.25, 0.3) is 0 Å². The molecule has 0 unspecified atom stereocenters. The highest BCUT2D eigenvalue weighted by Crippen LogP contribution is 2.44. The molecule has 0 amide bonds. The lowest BCUT2D eigenvalue weighted by atomic mass is 10.2. The van der Waals surface area contributed by atoms with E-state index in [0.29, 0.717) is 0 Å². The quantitative estimate of drug-likeness (QED) is 0.125. The van der Waals surface area contributed by atoms with Crippen LogP contribution in [0.15, 0.2) is 121 Å². The van der Waals surface area contributed by atoms with Gasteiger partial charge in [-0.3, -0.25) is 0 Å². The third-order valence-electron chi connectivity index (χ3n) is 6.10. The summed E-state index contributed by atoms with van der Waals surface area (Å²) in [6.45, 7) is 1.73. The zero-order chi connectivity index (χ0) is 24.0. The van der Waals surface area contributed by atoms with Crippen molar-refractivity contribution in [1.29, 1.82) is 0 Å². The zero-order valence-corrected chi connectivity index (χ0v) is 22.3. The maximum absolute atomic E-state index is 6.28. The average molecular weight is 499 g/mol. The first-order chi connectivity index (χ1) is 17.3. The van der Waals surface area contributed by atoms with Crippen LogP contribution in [0, 0.1) is 0 Å². The van der Waals surface area contributed by atoms with Crippen LogP contribution < -0.4 is 0 Å². The van der Waals surface area contributed by atoms with Crippen LogP contribution in [0.5, 0.6) is 0 Å². The Morgan fingerprint density at radius 2 is 0.629 bits per heavy atom. The molecular weight excluding hydrogens is 462 g/mol. The number of hydrogen-bond acceptors (Lipinski definition) is 1. The Labute approximate surface area is 214 Å². The largest absolute Gasteiger partial charge is 0.381 e. The predicted molar refractivity (Wildman–Crippen MR) is 155 cm³/mol. The van der Waals surface area contributed by atoms with E-state index in [1.807, 2.05) is 0 Å². The van der Waals surface area contributed by atoms with E-state index in [1.165, 1.54) is 46.9 Å². The Kier molecular flexibility index (Phi) is 11.0. The van der Waals surface area contributed by atoms with Gasteiger partial charge >= 0.3 is 0 Å². The van der Waals surface area contributed by atoms with Gasteiger partial charge in [0.25, 0.3) is 0 Å². The van der Waals surface area contributed by atoms with Gasteiger partial charge < -0.3 is 4.74 Å². The first-order valence-electron chi connectivity index (χ1n) is 12.5.